The van der Waals surface area contributed by atoms with Gasteiger partial charge in [-0.3, -0.25) is 4.79 Å². The Morgan fingerprint density at radius 3 is 2.68 bits per heavy atom. The summed E-state index contributed by atoms with van der Waals surface area (Å²) in [6, 6.07) is 6.16. The van der Waals surface area contributed by atoms with Gasteiger partial charge in [0.25, 0.3) is 0 Å². The minimum atomic E-state index is -1.12. The van der Waals surface area contributed by atoms with E-state index < -0.39 is 18.1 Å². The summed E-state index contributed by atoms with van der Waals surface area (Å²) < 4.78 is 4.85. The van der Waals surface area contributed by atoms with Crippen LogP contribution in [0.15, 0.2) is 24.3 Å². The lowest BCUT2D eigenvalue weighted by Crippen LogP contribution is -2.42. The summed E-state index contributed by atoms with van der Waals surface area (Å²) in [4.78, 5) is 22.3. The standard InChI is InChI=1S/C14H19NO4/c1-3-10-7-5-6-8-11(10)13(17)12(15-9-16)14(18)19-4-2/h5-9,12-13,17H,3-4H2,1-2H3,(H,15,16). The predicted octanol–water partition coefficient (Wildman–Crippen LogP) is 0.960. The highest BCUT2D eigenvalue weighted by atomic mass is 16.5. The number of hydrogen-bond donors (Lipinski definition) is 2. The van der Waals surface area contributed by atoms with Crippen LogP contribution in [0.2, 0.25) is 0 Å². The number of carbonyl (C=O) groups excluding carboxylic acids is 2. The number of hydrogen-bond acceptors (Lipinski definition) is 4. The summed E-state index contributed by atoms with van der Waals surface area (Å²) in [6.45, 7) is 3.82. The van der Waals surface area contributed by atoms with Gasteiger partial charge in [0.15, 0.2) is 6.04 Å². The van der Waals surface area contributed by atoms with Gasteiger partial charge in [0, 0.05) is 0 Å². The van der Waals surface area contributed by atoms with Crippen LogP contribution in [-0.2, 0) is 20.7 Å². The molecule has 0 saturated heterocycles. The van der Waals surface area contributed by atoms with Crippen LogP contribution in [0.5, 0.6) is 0 Å². The number of aryl methyl sites for hydroxylation is 1. The molecule has 5 heteroatoms. The van der Waals surface area contributed by atoms with Crippen molar-refractivity contribution in [3.05, 3.63) is 35.4 Å². The second kappa shape index (κ2) is 7.53. The number of amides is 1. The number of aliphatic hydroxyl groups excluding tert-OH is 1. The van der Waals surface area contributed by atoms with Gasteiger partial charge in [-0.2, -0.15) is 0 Å². The maximum Gasteiger partial charge on any atom is 0.331 e. The molecule has 0 heterocycles. The minimum Gasteiger partial charge on any atom is -0.464 e. The molecule has 0 aliphatic rings. The second-order valence-corrected chi connectivity index (χ2v) is 4.01. The van der Waals surface area contributed by atoms with Crippen molar-refractivity contribution in [3.8, 4) is 0 Å². The predicted molar refractivity (Wildman–Crippen MR) is 70.4 cm³/mol. The minimum absolute atomic E-state index is 0.192. The molecule has 0 aromatic heterocycles. The third kappa shape index (κ3) is 3.79. The zero-order valence-corrected chi connectivity index (χ0v) is 11.1. The Labute approximate surface area is 112 Å². The molecule has 19 heavy (non-hydrogen) atoms. The van der Waals surface area contributed by atoms with E-state index in [1.807, 2.05) is 19.1 Å². The smallest absolute Gasteiger partial charge is 0.331 e. The number of benzene rings is 1. The van der Waals surface area contributed by atoms with Crippen molar-refractivity contribution >= 4 is 12.4 Å². The van der Waals surface area contributed by atoms with Crippen molar-refractivity contribution in [1.82, 2.24) is 5.32 Å². The summed E-state index contributed by atoms with van der Waals surface area (Å²) in [6.07, 6.45) is -0.0103. The Morgan fingerprint density at radius 1 is 1.42 bits per heavy atom. The number of rotatable bonds is 7. The fraction of sp³-hybridized carbons (Fsp3) is 0.429. The highest BCUT2D eigenvalue weighted by Crippen LogP contribution is 2.22. The van der Waals surface area contributed by atoms with Crippen LogP contribution >= 0.6 is 0 Å². The normalized spacial score (nSPS) is 13.4. The van der Waals surface area contributed by atoms with Gasteiger partial charge in [0.1, 0.15) is 6.10 Å². The summed E-state index contributed by atoms with van der Waals surface area (Å²) in [7, 11) is 0. The monoisotopic (exact) mass is 265 g/mol. The Morgan fingerprint density at radius 2 is 2.11 bits per heavy atom. The van der Waals surface area contributed by atoms with Crippen LogP contribution in [0.4, 0.5) is 0 Å². The van der Waals surface area contributed by atoms with Gasteiger partial charge < -0.3 is 15.2 Å². The van der Waals surface area contributed by atoms with Crippen LogP contribution < -0.4 is 5.32 Å². The van der Waals surface area contributed by atoms with Crippen LogP contribution in [0.3, 0.4) is 0 Å². The Bertz CT molecular complexity index is 433. The van der Waals surface area contributed by atoms with E-state index in [1.165, 1.54) is 0 Å². The zero-order valence-electron chi connectivity index (χ0n) is 11.1. The van der Waals surface area contributed by atoms with Crippen LogP contribution in [-0.4, -0.2) is 30.1 Å². The molecule has 0 bridgehead atoms. The van der Waals surface area contributed by atoms with E-state index in [0.29, 0.717) is 12.0 Å². The maximum absolute atomic E-state index is 11.7. The first-order valence-electron chi connectivity index (χ1n) is 6.27. The molecule has 0 fully saturated rings. The molecule has 2 atom stereocenters. The SMILES string of the molecule is CCOC(=O)C(NC=O)C(O)c1ccccc1CC. The summed E-state index contributed by atoms with van der Waals surface area (Å²) in [5.41, 5.74) is 1.55. The molecule has 1 aromatic carbocycles. The van der Waals surface area contributed by atoms with Gasteiger partial charge in [-0.25, -0.2) is 4.79 Å². The van der Waals surface area contributed by atoms with Gasteiger partial charge in [-0.05, 0) is 24.5 Å². The van der Waals surface area contributed by atoms with E-state index in [0.717, 1.165) is 12.0 Å². The van der Waals surface area contributed by atoms with E-state index in [2.05, 4.69) is 5.32 Å². The molecule has 2 unspecified atom stereocenters. The number of ether oxygens (including phenoxy) is 1. The molecule has 5 nitrogen and oxygen atoms in total. The number of carbonyl (C=O) groups is 2. The second-order valence-electron chi connectivity index (χ2n) is 4.01. The third-order valence-corrected chi connectivity index (χ3v) is 2.86. The van der Waals surface area contributed by atoms with Crippen molar-refractivity contribution in [3.63, 3.8) is 0 Å². The Hall–Kier alpha value is -1.88. The van der Waals surface area contributed by atoms with Gasteiger partial charge in [-0.1, -0.05) is 31.2 Å². The Kier molecular flexibility index (Phi) is 6.02. The lowest BCUT2D eigenvalue weighted by atomic mass is 9.96. The van der Waals surface area contributed by atoms with Gasteiger partial charge in [0.05, 0.1) is 6.61 Å². The van der Waals surface area contributed by atoms with Crippen molar-refractivity contribution in [2.45, 2.75) is 32.4 Å². The fourth-order valence-corrected chi connectivity index (χ4v) is 1.92. The van der Waals surface area contributed by atoms with Gasteiger partial charge in [0.2, 0.25) is 6.41 Å². The molecule has 0 spiro atoms. The zero-order chi connectivity index (χ0) is 14.3. The molecule has 0 aliphatic carbocycles. The first kappa shape index (κ1) is 15.2. The molecule has 0 aliphatic heterocycles. The first-order chi connectivity index (χ1) is 9.15. The molecule has 0 saturated carbocycles. The van der Waals surface area contributed by atoms with E-state index in [4.69, 9.17) is 4.74 Å². The van der Waals surface area contributed by atoms with E-state index in [9.17, 15) is 14.7 Å². The van der Waals surface area contributed by atoms with E-state index in [1.54, 1.807) is 19.1 Å². The average Bonchev–Trinajstić information content (AvgIpc) is 2.44. The van der Waals surface area contributed by atoms with Crippen molar-refractivity contribution in [1.29, 1.82) is 0 Å². The molecule has 2 N–H and O–H groups in total. The van der Waals surface area contributed by atoms with Crippen LogP contribution in [0.25, 0.3) is 0 Å². The average molecular weight is 265 g/mol. The molecular formula is C14H19NO4. The summed E-state index contributed by atoms with van der Waals surface area (Å²) >= 11 is 0. The van der Waals surface area contributed by atoms with Crippen LogP contribution in [0, 0.1) is 0 Å². The molecular weight excluding hydrogens is 246 g/mol. The maximum atomic E-state index is 11.7. The summed E-state index contributed by atoms with van der Waals surface area (Å²) in [5, 5.41) is 12.6. The Balaban J connectivity index is 3.01. The molecule has 1 amide bonds. The third-order valence-electron chi connectivity index (χ3n) is 2.86. The number of aliphatic hydroxyl groups is 1. The van der Waals surface area contributed by atoms with Crippen LogP contribution in [0.1, 0.15) is 31.1 Å². The highest BCUT2D eigenvalue weighted by Gasteiger charge is 2.29. The van der Waals surface area contributed by atoms with Gasteiger partial charge in [-0.15, -0.1) is 0 Å². The molecule has 0 radical (unpaired) electrons. The lowest BCUT2D eigenvalue weighted by Gasteiger charge is -2.22. The number of esters is 1. The van der Waals surface area contributed by atoms with Crippen molar-refractivity contribution < 1.29 is 19.4 Å². The highest BCUT2D eigenvalue weighted by molar-refractivity contribution is 5.79. The topological polar surface area (TPSA) is 75.6 Å². The summed E-state index contributed by atoms with van der Waals surface area (Å²) in [5.74, 6) is -0.645. The van der Waals surface area contributed by atoms with Gasteiger partial charge >= 0.3 is 5.97 Å². The lowest BCUT2D eigenvalue weighted by molar-refractivity contribution is -0.149. The van der Waals surface area contributed by atoms with Crippen molar-refractivity contribution in [2.75, 3.05) is 6.61 Å². The largest absolute Gasteiger partial charge is 0.464 e. The van der Waals surface area contributed by atoms with E-state index >= 15 is 0 Å². The van der Waals surface area contributed by atoms with E-state index in [-0.39, 0.29) is 6.61 Å². The molecule has 1 rings (SSSR count). The quantitative estimate of drug-likeness (QED) is 0.569. The molecule has 1 aromatic rings. The first-order valence-corrected chi connectivity index (χ1v) is 6.27. The number of nitrogens with one attached hydrogen (secondary N) is 1. The fourth-order valence-electron chi connectivity index (χ4n) is 1.92. The molecule has 104 valence electrons. The van der Waals surface area contributed by atoms with Crippen molar-refractivity contribution in [2.24, 2.45) is 0 Å².